The molecule has 64 valence electrons. The van der Waals surface area contributed by atoms with Crippen LogP contribution in [0.15, 0.2) is 18.2 Å². The van der Waals surface area contributed by atoms with Crippen molar-refractivity contribution in [2.45, 2.75) is 13.0 Å². The van der Waals surface area contributed by atoms with Crippen LogP contribution in [0, 0.1) is 6.92 Å². The van der Waals surface area contributed by atoms with Crippen LogP contribution in [-0.2, 0) is 4.74 Å². The molecule has 0 radical (unpaired) electrons. The zero-order valence-electron chi connectivity index (χ0n) is 6.99. The molecule has 0 atom stereocenters. The summed E-state index contributed by atoms with van der Waals surface area (Å²) in [6.07, 6.45) is 0.208. The van der Waals surface area contributed by atoms with Gasteiger partial charge in [-0.25, -0.2) is 4.98 Å². The van der Waals surface area contributed by atoms with Crippen LogP contribution < -0.4 is 4.74 Å². The van der Waals surface area contributed by atoms with Crippen LogP contribution in [0.4, 0.5) is 0 Å². The van der Waals surface area contributed by atoms with E-state index in [0.29, 0.717) is 19.1 Å². The summed E-state index contributed by atoms with van der Waals surface area (Å²) in [5.74, 6) is 0.698. The molecule has 2 rings (SSSR count). The highest BCUT2D eigenvalue weighted by molar-refractivity contribution is 5.15. The smallest absolute Gasteiger partial charge is 0.213 e. The molecular formula is C9H11NO2. The Bertz CT molecular complexity index is 271. The second-order valence-electron chi connectivity index (χ2n) is 2.89. The highest BCUT2D eigenvalue weighted by Crippen LogP contribution is 2.12. The van der Waals surface area contributed by atoms with Gasteiger partial charge in [0.1, 0.15) is 6.10 Å². The third-order valence-electron chi connectivity index (χ3n) is 1.76. The first kappa shape index (κ1) is 7.55. The Kier molecular flexibility index (Phi) is 1.96. The normalized spacial score (nSPS) is 17.1. The van der Waals surface area contributed by atoms with Crippen LogP contribution in [0.5, 0.6) is 5.88 Å². The van der Waals surface area contributed by atoms with Gasteiger partial charge in [0.05, 0.1) is 13.2 Å². The maximum Gasteiger partial charge on any atom is 0.213 e. The third-order valence-corrected chi connectivity index (χ3v) is 1.76. The summed E-state index contributed by atoms with van der Waals surface area (Å²) in [5, 5.41) is 0. The summed E-state index contributed by atoms with van der Waals surface area (Å²) >= 11 is 0. The first-order chi connectivity index (χ1) is 5.84. The number of hydrogen-bond acceptors (Lipinski definition) is 3. The zero-order valence-corrected chi connectivity index (χ0v) is 6.99. The Morgan fingerprint density at radius 2 is 2.33 bits per heavy atom. The lowest BCUT2D eigenvalue weighted by Crippen LogP contribution is -2.38. The van der Waals surface area contributed by atoms with Crippen molar-refractivity contribution in [3.05, 3.63) is 23.9 Å². The van der Waals surface area contributed by atoms with Gasteiger partial charge in [-0.15, -0.1) is 0 Å². The molecule has 2 heterocycles. The molecule has 1 saturated heterocycles. The minimum Gasteiger partial charge on any atom is -0.469 e. The van der Waals surface area contributed by atoms with E-state index in [4.69, 9.17) is 9.47 Å². The van der Waals surface area contributed by atoms with Gasteiger partial charge in [-0.2, -0.15) is 0 Å². The van der Waals surface area contributed by atoms with E-state index in [-0.39, 0.29) is 6.10 Å². The van der Waals surface area contributed by atoms with Gasteiger partial charge in [0, 0.05) is 11.8 Å². The first-order valence-corrected chi connectivity index (χ1v) is 4.02. The maximum atomic E-state index is 5.50. The molecule has 1 aliphatic heterocycles. The molecule has 0 saturated carbocycles. The first-order valence-electron chi connectivity index (χ1n) is 4.02. The van der Waals surface area contributed by atoms with Crippen LogP contribution in [0.25, 0.3) is 0 Å². The highest BCUT2D eigenvalue weighted by Gasteiger charge is 2.20. The minimum atomic E-state index is 0.208. The van der Waals surface area contributed by atoms with Crippen molar-refractivity contribution in [1.82, 2.24) is 4.98 Å². The molecule has 12 heavy (non-hydrogen) atoms. The number of rotatable bonds is 2. The van der Waals surface area contributed by atoms with Crippen molar-refractivity contribution >= 4 is 0 Å². The predicted octanol–water partition coefficient (Wildman–Crippen LogP) is 1.17. The van der Waals surface area contributed by atoms with Gasteiger partial charge in [0.15, 0.2) is 0 Å². The van der Waals surface area contributed by atoms with E-state index < -0.39 is 0 Å². The van der Waals surface area contributed by atoms with Crippen molar-refractivity contribution in [2.75, 3.05) is 13.2 Å². The van der Waals surface area contributed by atoms with Crippen molar-refractivity contribution in [1.29, 1.82) is 0 Å². The Labute approximate surface area is 71.3 Å². The van der Waals surface area contributed by atoms with Crippen molar-refractivity contribution in [3.63, 3.8) is 0 Å². The quantitative estimate of drug-likeness (QED) is 0.659. The molecule has 0 unspecified atom stereocenters. The van der Waals surface area contributed by atoms with Gasteiger partial charge in [-0.3, -0.25) is 0 Å². The number of pyridine rings is 1. The van der Waals surface area contributed by atoms with Gasteiger partial charge < -0.3 is 9.47 Å². The summed E-state index contributed by atoms with van der Waals surface area (Å²) in [6.45, 7) is 3.33. The van der Waals surface area contributed by atoms with Gasteiger partial charge in [0.25, 0.3) is 0 Å². The monoisotopic (exact) mass is 165 g/mol. The SMILES string of the molecule is Cc1cccc(OC2COC2)n1. The molecule has 1 aliphatic rings. The van der Waals surface area contributed by atoms with Crippen molar-refractivity contribution < 1.29 is 9.47 Å². The summed E-state index contributed by atoms with van der Waals surface area (Å²) in [7, 11) is 0. The second-order valence-corrected chi connectivity index (χ2v) is 2.89. The summed E-state index contributed by atoms with van der Waals surface area (Å²) in [6, 6.07) is 5.76. The third kappa shape index (κ3) is 1.56. The van der Waals surface area contributed by atoms with E-state index in [2.05, 4.69) is 4.98 Å². The largest absolute Gasteiger partial charge is 0.469 e. The van der Waals surface area contributed by atoms with Crippen LogP contribution in [0.3, 0.4) is 0 Å². The van der Waals surface area contributed by atoms with Crippen molar-refractivity contribution in [2.24, 2.45) is 0 Å². The minimum absolute atomic E-state index is 0.208. The predicted molar refractivity (Wildman–Crippen MR) is 44.2 cm³/mol. The zero-order chi connectivity index (χ0) is 8.39. The fraction of sp³-hybridized carbons (Fsp3) is 0.444. The molecule has 0 spiro atoms. The fourth-order valence-corrected chi connectivity index (χ4v) is 1.04. The average molecular weight is 165 g/mol. The Morgan fingerprint density at radius 3 is 2.92 bits per heavy atom. The second kappa shape index (κ2) is 3.11. The molecular weight excluding hydrogens is 154 g/mol. The molecule has 3 heteroatoms. The van der Waals surface area contributed by atoms with Gasteiger partial charge in [-0.1, -0.05) is 6.07 Å². The molecule has 0 aliphatic carbocycles. The lowest BCUT2D eigenvalue weighted by molar-refractivity contribution is -0.0813. The van der Waals surface area contributed by atoms with Crippen LogP contribution in [0.1, 0.15) is 5.69 Å². The molecule has 3 nitrogen and oxygen atoms in total. The topological polar surface area (TPSA) is 31.4 Å². The molecule has 1 fully saturated rings. The number of aryl methyl sites for hydroxylation is 1. The van der Waals surface area contributed by atoms with E-state index in [1.165, 1.54) is 0 Å². The van der Waals surface area contributed by atoms with E-state index in [0.717, 1.165) is 5.69 Å². The van der Waals surface area contributed by atoms with Gasteiger partial charge in [-0.05, 0) is 13.0 Å². The summed E-state index contributed by atoms with van der Waals surface area (Å²) in [4.78, 5) is 4.22. The lowest BCUT2D eigenvalue weighted by Gasteiger charge is -2.26. The fourth-order valence-electron chi connectivity index (χ4n) is 1.04. The highest BCUT2D eigenvalue weighted by atomic mass is 16.6. The van der Waals surface area contributed by atoms with Crippen LogP contribution in [-0.4, -0.2) is 24.3 Å². The molecule has 1 aromatic heterocycles. The van der Waals surface area contributed by atoms with E-state index in [1.807, 2.05) is 25.1 Å². The maximum absolute atomic E-state index is 5.50. The summed E-state index contributed by atoms with van der Waals surface area (Å²) in [5.41, 5.74) is 0.979. The van der Waals surface area contributed by atoms with Crippen molar-refractivity contribution in [3.8, 4) is 5.88 Å². The number of hydrogen-bond donors (Lipinski definition) is 0. The molecule has 1 aromatic rings. The number of ether oxygens (including phenoxy) is 2. The number of aromatic nitrogens is 1. The van der Waals surface area contributed by atoms with E-state index in [1.54, 1.807) is 0 Å². The number of nitrogens with zero attached hydrogens (tertiary/aromatic N) is 1. The van der Waals surface area contributed by atoms with E-state index in [9.17, 15) is 0 Å². The summed E-state index contributed by atoms with van der Waals surface area (Å²) < 4.78 is 10.5. The standard InChI is InChI=1S/C9H11NO2/c1-7-3-2-4-9(10-7)12-8-5-11-6-8/h2-4,8H,5-6H2,1H3. The van der Waals surface area contributed by atoms with Gasteiger partial charge in [0.2, 0.25) is 5.88 Å². The average Bonchev–Trinajstić information content (AvgIpc) is 1.97. The van der Waals surface area contributed by atoms with Crippen LogP contribution >= 0.6 is 0 Å². The molecule has 0 bridgehead atoms. The Balaban J connectivity index is 2.02. The Hall–Kier alpha value is -1.09. The van der Waals surface area contributed by atoms with Crippen LogP contribution in [0.2, 0.25) is 0 Å². The van der Waals surface area contributed by atoms with E-state index >= 15 is 0 Å². The van der Waals surface area contributed by atoms with Gasteiger partial charge >= 0.3 is 0 Å². The molecule has 0 N–H and O–H groups in total. The molecule has 0 amide bonds. The lowest BCUT2D eigenvalue weighted by atomic mass is 10.3. The molecule has 0 aromatic carbocycles. The Morgan fingerprint density at radius 1 is 1.50 bits per heavy atom.